The fourth-order valence-electron chi connectivity index (χ4n) is 3.34. The Morgan fingerprint density at radius 2 is 1.92 bits per heavy atom. The molecule has 6 heteroatoms. The summed E-state index contributed by atoms with van der Waals surface area (Å²) in [4.78, 5) is 26.1. The number of aliphatic hydroxyl groups excluding tert-OH is 1. The van der Waals surface area contributed by atoms with Crippen LogP contribution in [0.2, 0.25) is 0 Å². The summed E-state index contributed by atoms with van der Waals surface area (Å²) in [6.45, 7) is 0.946. The number of aromatic hydroxyl groups is 1. The Morgan fingerprint density at radius 1 is 1.16 bits per heavy atom. The topological polar surface area (TPSA) is 82.8 Å². The van der Waals surface area contributed by atoms with Crippen LogP contribution in [0.4, 0.5) is 0 Å². The lowest BCUT2D eigenvalue weighted by Gasteiger charge is -2.23. The van der Waals surface area contributed by atoms with E-state index in [1.807, 2.05) is 35.2 Å². The van der Waals surface area contributed by atoms with Crippen molar-refractivity contribution < 1.29 is 15.0 Å². The number of hydrogen-bond acceptors (Lipinski definition) is 5. The average molecular weight is 342 g/mol. The van der Waals surface area contributed by atoms with Crippen molar-refractivity contribution in [1.29, 1.82) is 0 Å². The first-order valence-electron chi connectivity index (χ1n) is 8.43. The zero-order chi connectivity index (χ0) is 17.8. The molecular weight excluding hydrogens is 320 g/mol. The number of Topliss-reactive ketones (excluding diaryl/α,β-unsaturated/α-hetero) is 1. The van der Waals surface area contributed by atoms with Crippen LogP contribution in [-0.4, -0.2) is 44.7 Å². The molecule has 1 fully saturated rings. The SMILES string of the molecule is O=C(CO)C1CCCN1Cc1ccn(Cc2ccccc2)c(=O)c1O. The molecule has 1 aromatic carbocycles. The Bertz CT molecular complexity index is 801. The van der Waals surface area contributed by atoms with E-state index in [4.69, 9.17) is 5.11 Å². The summed E-state index contributed by atoms with van der Waals surface area (Å²) in [7, 11) is 0. The summed E-state index contributed by atoms with van der Waals surface area (Å²) in [5, 5.41) is 19.4. The van der Waals surface area contributed by atoms with Crippen LogP contribution >= 0.6 is 0 Å². The van der Waals surface area contributed by atoms with E-state index in [2.05, 4.69) is 0 Å². The average Bonchev–Trinajstić information content (AvgIpc) is 3.10. The molecule has 0 amide bonds. The molecule has 1 aliphatic rings. The molecule has 132 valence electrons. The standard InChI is InChI=1S/C19H22N2O4/c22-13-17(23)16-7-4-9-20(16)12-15-8-10-21(19(25)18(15)24)11-14-5-2-1-3-6-14/h1-3,5-6,8,10,16,22,24H,4,7,9,11-13H2. The van der Waals surface area contributed by atoms with Gasteiger partial charge in [-0.15, -0.1) is 0 Å². The number of aromatic nitrogens is 1. The van der Waals surface area contributed by atoms with Gasteiger partial charge >= 0.3 is 0 Å². The van der Waals surface area contributed by atoms with Gasteiger partial charge in [0.2, 0.25) is 0 Å². The van der Waals surface area contributed by atoms with Gasteiger partial charge < -0.3 is 14.8 Å². The van der Waals surface area contributed by atoms with Crippen LogP contribution in [0.15, 0.2) is 47.4 Å². The van der Waals surface area contributed by atoms with Crippen molar-refractivity contribution >= 4 is 5.78 Å². The Labute approximate surface area is 146 Å². The summed E-state index contributed by atoms with van der Waals surface area (Å²) in [5.74, 6) is -0.491. The second kappa shape index (κ2) is 7.63. The van der Waals surface area contributed by atoms with Crippen LogP contribution in [0.1, 0.15) is 24.0 Å². The molecule has 0 saturated carbocycles. The van der Waals surface area contributed by atoms with Gasteiger partial charge in [-0.25, -0.2) is 0 Å². The molecule has 1 aliphatic heterocycles. The van der Waals surface area contributed by atoms with E-state index in [0.29, 0.717) is 31.6 Å². The van der Waals surface area contributed by atoms with Gasteiger partial charge in [-0.3, -0.25) is 14.5 Å². The molecule has 0 bridgehead atoms. The third kappa shape index (κ3) is 3.81. The summed E-state index contributed by atoms with van der Waals surface area (Å²) in [6.07, 6.45) is 3.23. The van der Waals surface area contributed by atoms with Gasteiger partial charge in [0.25, 0.3) is 5.56 Å². The predicted octanol–water partition coefficient (Wildman–Crippen LogP) is 1.13. The van der Waals surface area contributed by atoms with Gasteiger partial charge in [0, 0.05) is 18.3 Å². The Morgan fingerprint density at radius 3 is 2.64 bits per heavy atom. The van der Waals surface area contributed by atoms with Crippen LogP contribution in [0.5, 0.6) is 5.75 Å². The van der Waals surface area contributed by atoms with Gasteiger partial charge in [0.05, 0.1) is 12.6 Å². The molecular formula is C19H22N2O4. The smallest absolute Gasteiger partial charge is 0.293 e. The van der Waals surface area contributed by atoms with Crippen LogP contribution in [-0.2, 0) is 17.9 Å². The highest BCUT2D eigenvalue weighted by Gasteiger charge is 2.30. The second-order valence-corrected chi connectivity index (χ2v) is 6.36. The molecule has 25 heavy (non-hydrogen) atoms. The molecule has 2 N–H and O–H groups in total. The van der Waals surface area contributed by atoms with E-state index in [0.717, 1.165) is 12.0 Å². The van der Waals surface area contributed by atoms with Crippen LogP contribution < -0.4 is 5.56 Å². The quantitative estimate of drug-likeness (QED) is 0.822. The number of carbonyl (C=O) groups excluding carboxylic acids is 1. The first-order valence-corrected chi connectivity index (χ1v) is 8.43. The second-order valence-electron chi connectivity index (χ2n) is 6.36. The molecule has 0 radical (unpaired) electrons. The first-order chi connectivity index (χ1) is 12.1. The number of hydrogen-bond donors (Lipinski definition) is 2. The third-order valence-corrected chi connectivity index (χ3v) is 4.68. The van der Waals surface area contributed by atoms with Gasteiger partial charge in [-0.05, 0) is 31.0 Å². The number of nitrogens with zero attached hydrogens (tertiary/aromatic N) is 2. The number of benzene rings is 1. The van der Waals surface area contributed by atoms with E-state index >= 15 is 0 Å². The number of carbonyl (C=O) groups is 1. The Balaban J connectivity index is 1.78. The molecule has 1 aromatic heterocycles. The fraction of sp³-hybridized carbons (Fsp3) is 0.368. The highest BCUT2D eigenvalue weighted by atomic mass is 16.3. The predicted molar refractivity (Wildman–Crippen MR) is 93.4 cm³/mol. The lowest BCUT2D eigenvalue weighted by molar-refractivity contribution is -0.126. The maximum absolute atomic E-state index is 12.4. The van der Waals surface area contributed by atoms with E-state index in [9.17, 15) is 14.7 Å². The van der Waals surface area contributed by atoms with Crippen molar-refractivity contribution in [1.82, 2.24) is 9.47 Å². The summed E-state index contributed by atoms with van der Waals surface area (Å²) in [5.41, 5.74) is 1.04. The lowest BCUT2D eigenvalue weighted by atomic mass is 10.1. The molecule has 1 unspecified atom stereocenters. The van der Waals surface area contributed by atoms with Crippen molar-refractivity contribution in [3.63, 3.8) is 0 Å². The molecule has 6 nitrogen and oxygen atoms in total. The van der Waals surface area contributed by atoms with Crippen molar-refractivity contribution in [2.75, 3.05) is 13.2 Å². The normalized spacial score (nSPS) is 17.7. The lowest BCUT2D eigenvalue weighted by Crippen LogP contribution is -2.37. The maximum Gasteiger partial charge on any atom is 0.293 e. The monoisotopic (exact) mass is 342 g/mol. The Hall–Kier alpha value is -2.44. The number of pyridine rings is 1. The van der Waals surface area contributed by atoms with Crippen LogP contribution in [0, 0.1) is 0 Å². The fourth-order valence-corrected chi connectivity index (χ4v) is 3.34. The zero-order valence-corrected chi connectivity index (χ0v) is 14.0. The largest absolute Gasteiger partial charge is 0.503 e. The molecule has 1 saturated heterocycles. The van der Waals surface area contributed by atoms with Crippen molar-refractivity contribution in [2.24, 2.45) is 0 Å². The minimum absolute atomic E-state index is 0.214. The Kier molecular flexibility index (Phi) is 5.31. The molecule has 1 atom stereocenters. The first kappa shape index (κ1) is 17.4. The van der Waals surface area contributed by atoms with Gasteiger partial charge in [0.1, 0.15) is 6.61 Å². The van der Waals surface area contributed by atoms with E-state index in [1.165, 1.54) is 4.57 Å². The van der Waals surface area contributed by atoms with E-state index in [-0.39, 0.29) is 17.6 Å². The number of ketones is 1. The summed E-state index contributed by atoms with van der Waals surface area (Å²) >= 11 is 0. The molecule has 0 aliphatic carbocycles. The molecule has 3 rings (SSSR count). The molecule has 0 spiro atoms. The van der Waals surface area contributed by atoms with E-state index in [1.54, 1.807) is 12.3 Å². The molecule has 2 aromatic rings. The van der Waals surface area contributed by atoms with Gasteiger partial charge in [-0.1, -0.05) is 30.3 Å². The van der Waals surface area contributed by atoms with Crippen molar-refractivity contribution in [3.8, 4) is 5.75 Å². The van der Waals surface area contributed by atoms with Gasteiger partial charge in [-0.2, -0.15) is 0 Å². The number of likely N-dealkylation sites (tertiary alicyclic amines) is 1. The summed E-state index contributed by atoms with van der Waals surface area (Å²) in [6, 6.07) is 10.9. The molecule has 2 heterocycles. The van der Waals surface area contributed by atoms with Crippen LogP contribution in [0.25, 0.3) is 0 Å². The van der Waals surface area contributed by atoms with Gasteiger partial charge in [0.15, 0.2) is 11.5 Å². The number of rotatable bonds is 6. The van der Waals surface area contributed by atoms with E-state index < -0.39 is 12.2 Å². The highest BCUT2D eigenvalue weighted by Crippen LogP contribution is 2.23. The van der Waals surface area contributed by atoms with Crippen molar-refractivity contribution in [3.05, 3.63) is 64.1 Å². The minimum atomic E-state index is -0.480. The minimum Gasteiger partial charge on any atom is -0.503 e. The zero-order valence-electron chi connectivity index (χ0n) is 14.0. The highest BCUT2D eigenvalue weighted by molar-refractivity contribution is 5.85. The third-order valence-electron chi connectivity index (χ3n) is 4.68. The van der Waals surface area contributed by atoms with Crippen molar-refractivity contribution in [2.45, 2.75) is 32.0 Å². The maximum atomic E-state index is 12.4. The summed E-state index contributed by atoms with van der Waals surface area (Å²) < 4.78 is 1.47. The number of aliphatic hydroxyl groups is 1. The van der Waals surface area contributed by atoms with Crippen LogP contribution in [0.3, 0.4) is 0 Å².